The van der Waals surface area contributed by atoms with Crippen LogP contribution in [0, 0.1) is 11.8 Å². The SMILES string of the molecule is CC(C)Cc1ccc(-c2ccc(-c3ccc(-c4ccc(-c5ccc(CC(C)C)c6ccccc56)cc4)c4nsnc34)cc2)c2ccccc12. The third-order valence-corrected chi connectivity index (χ3v) is 10.2. The molecule has 7 aromatic carbocycles. The zero-order chi connectivity index (χ0) is 33.5. The fraction of sp³-hybridized carbons (Fsp3) is 0.174. The van der Waals surface area contributed by atoms with E-state index >= 15 is 0 Å². The maximum absolute atomic E-state index is 4.79. The first kappa shape index (κ1) is 31.2. The minimum atomic E-state index is 0.620. The van der Waals surface area contributed by atoms with E-state index in [-0.39, 0.29) is 0 Å². The number of aromatic nitrogens is 2. The molecule has 8 rings (SSSR count). The van der Waals surface area contributed by atoms with E-state index in [9.17, 15) is 0 Å². The maximum atomic E-state index is 4.79. The van der Waals surface area contributed by atoms with Gasteiger partial charge >= 0.3 is 0 Å². The van der Waals surface area contributed by atoms with E-state index in [0.717, 1.165) is 46.1 Å². The average molecular weight is 653 g/mol. The molecule has 0 aliphatic carbocycles. The Morgan fingerprint density at radius 1 is 0.388 bits per heavy atom. The van der Waals surface area contributed by atoms with Crippen molar-refractivity contribution in [2.24, 2.45) is 11.8 Å². The van der Waals surface area contributed by atoms with Gasteiger partial charge in [-0.25, -0.2) is 0 Å². The van der Waals surface area contributed by atoms with Gasteiger partial charge in [0.1, 0.15) is 11.0 Å². The Kier molecular flexibility index (Phi) is 8.31. The van der Waals surface area contributed by atoms with Crippen LogP contribution in [0.3, 0.4) is 0 Å². The summed E-state index contributed by atoms with van der Waals surface area (Å²) in [7, 11) is 0. The highest BCUT2D eigenvalue weighted by atomic mass is 32.1. The van der Waals surface area contributed by atoms with E-state index in [1.165, 1.54) is 66.7 Å². The largest absolute Gasteiger partial charge is 0.172 e. The van der Waals surface area contributed by atoms with E-state index in [2.05, 4.69) is 161 Å². The van der Waals surface area contributed by atoms with Gasteiger partial charge in [0.25, 0.3) is 0 Å². The van der Waals surface area contributed by atoms with Crippen LogP contribution < -0.4 is 0 Å². The predicted molar refractivity (Wildman–Crippen MR) is 211 cm³/mol. The summed E-state index contributed by atoms with van der Waals surface area (Å²) in [5, 5.41) is 5.33. The molecule has 3 heteroatoms. The van der Waals surface area contributed by atoms with Crippen molar-refractivity contribution < 1.29 is 0 Å². The smallest absolute Gasteiger partial charge is 0.113 e. The van der Waals surface area contributed by atoms with E-state index in [4.69, 9.17) is 8.75 Å². The molecular weight excluding hydrogens is 613 g/mol. The van der Waals surface area contributed by atoms with Gasteiger partial charge in [-0.05, 0) is 90.7 Å². The molecular formula is C46H40N2S. The van der Waals surface area contributed by atoms with Crippen molar-refractivity contribution in [2.45, 2.75) is 40.5 Å². The van der Waals surface area contributed by atoms with Crippen LogP contribution in [0.5, 0.6) is 0 Å². The number of hydrogen-bond donors (Lipinski definition) is 0. The van der Waals surface area contributed by atoms with Crippen LogP contribution in [-0.4, -0.2) is 8.75 Å². The minimum Gasteiger partial charge on any atom is -0.172 e. The predicted octanol–water partition coefficient (Wildman–Crippen LogP) is 13.1. The number of benzene rings is 7. The number of nitrogens with zero attached hydrogens (tertiary/aromatic N) is 2. The van der Waals surface area contributed by atoms with Crippen molar-refractivity contribution in [3.63, 3.8) is 0 Å². The molecule has 0 spiro atoms. The summed E-state index contributed by atoms with van der Waals surface area (Å²) in [4.78, 5) is 0. The highest BCUT2D eigenvalue weighted by Gasteiger charge is 2.16. The van der Waals surface area contributed by atoms with E-state index in [1.54, 1.807) is 0 Å². The Labute approximate surface area is 293 Å². The van der Waals surface area contributed by atoms with Crippen LogP contribution in [0.25, 0.3) is 77.1 Å². The average Bonchev–Trinajstić information content (AvgIpc) is 3.62. The standard InChI is InChI=1S/C46H40N2S/c1-29(2)27-35-21-23-39(43-11-7-5-9-37(35)43)31-13-17-33(18-14-31)41-25-26-42(46-45(41)47-49-48-46)34-19-15-32(16-20-34)40-24-22-36(28-30(3)4)38-10-6-8-12-44(38)40/h5-26,29-30H,27-28H2,1-4H3. The van der Waals surface area contributed by atoms with Crippen molar-refractivity contribution in [3.8, 4) is 44.5 Å². The normalized spacial score (nSPS) is 11.8. The van der Waals surface area contributed by atoms with Gasteiger partial charge in [-0.2, -0.15) is 8.75 Å². The van der Waals surface area contributed by atoms with Gasteiger partial charge in [0.2, 0.25) is 0 Å². The molecule has 0 fully saturated rings. The lowest BCUT2D eigenvalue weighted by Gasteiger charge is -2.14. The molecule has 0 bridgehead atoms. The van der Waals surface area contributed by atoms with Crippen LogP contribution in [0.15, 0.2) is 133 Å². The molecule has 8 aromatic rings. The minimum absolute atomic E-state index is 0.620. The van der Waals surface area contributed by atoms with Crippen LogP contribution >= 0.6 is 11.7 Å². The van der Waals surface area contributed by atoms with Gasteiger partial charge < -0.3 is 0 Å². The summed E-state index contributed by atoms with van der Waals surface area (Å²) in [6.07, 6.45) is 2.17. The van der Waals surface area contributed by atoms with E-state index in [0.29, 0.717) is 11.8 Å². The Balaban J connectivity index is 1.11. The molecule has 0 aliphatic rings. The van der Waals surface area contributed by atoms with Crippen LogP contribution in [0.1, 0.15) is 38.8 Å². The summed E-state index contributed by atoms with van der Waals surface area (Å²) < 4.78 is 9.59. The molecule has 0 atom stereocenters. The Hall–Kier alpha value is -5.12. The molecule has 1 heterocycles. The van der Waals surface area contributed by atoms with E-state index < -0.39 is 0 Å². The summed E-state index contributed by atoms with van der Waals surface area (Å²) in [5.74, 6) is 1.24. The van der Waals surface area contributed by atoms with Gasteiger partial charge in [-0.15, -0.1) is 0 Å². The third-order valence-electron chi connectivity index (χ3n) is 9.71. The van der Waals surface area contributed by atoms with Crippen LogP contribution in [-0.2, 0) is 12.8 Å². The molecule has 0 saturated carbocycles. The number of rotatable bonds is 8. The summed E-state index contributed by atoms with van der Waals surface area (Å²) in [6.45, 7) is 9.14. The molecule has 0 unspecified atom stereocenters. The molecule has 2 nitrogen and oxygen atoms in total. The van der Waals surface area contributed by atoms with Gasteiger partial charge in [0, 0.05) is 11.1 Å². The first-order valence-corrected chi connectivity index (χ1v) is 18.2. The van der Waals surface area contributed by atoms with Gasteiger partial charge in [-0.1, -0.05) is 161 Å². The number of fused-ring (bicyclic) bond motifs is 3. The maximum Gasteiger partial charge on any atom is 0.113 e. The topological polar surface area (TPSA) is 25.8 Å². The second kappa shape index (κ2) is 13.1. The van der Waals surface area contributed by atoms with Gasteiger partial charge in [0.05, 0.1) is 11.7 Å². The molecule has 0 N–H and O–H groups in total. The Morgan fingerprint density at radius 2 is 0.714 bits per heavy atom. The Morgan fingerprint density at radius 3 is 1.08 bits per heavy atom. The lowest BCUT2D eigenvalue weighted by Crippen LogP contribution is -1.96. The van der Waals surface area contributed by atoms with Crippen LogP contribution in [0.4, 0.5) is 0 Å². The second-order valence-corrected chi connectivity index (χ2v) is 14.6. The molecule has 0 aliphatic heterocycles. The quantitative estimate of drug-likeness (QED) is 0.163. The Bertz CT molecular complexity index is 2260. The van der Waals surface area contributed by atoms with Crippen molar-refractivity contribution in [3.05, 3.63) is 145 Å². The summed E-state index contributed by atoms with van der Waals surface area (Å²) in [6, 6.07) is 49.2. The summed E-state index contributed by atoms with van der Waals surface area (Å²) >= 11 is 1.28. The fourth-order valence-corrected chi connectivity index (χ4v) is 8.03. The van der Waals surface area contributed by atoms with Crippen molar-refractivity contribution in [2.75, 3.05) is 0 Å². The fourth-order valence-electron chi connectivity index (χ4n) is 7.45. The molecule has 0 radical (unpaired) electrons. The highest BCUT2D eigenvalue weighted by molar-refractivity contribution is 7.00. The molecule has 0 saturated heterocycles. The second-order valence-electron chi connectivity index (χ2n) is 14.1. The monoisotopic (exact) mass is 652 g/mol. The zero-order valence-electron chi connectivity index (χ0n) is 28.6. The van der Waals surface area contributed by atoms with Crippen LogP contribution in [0.2, 0.25) is 0 Å². The molecule has 1 aromatic heterocycles. The van der Waals surface area contributed by atoms with Crippen molar-refractivity contribution >= 4 is 44.3 Å². The van der Waals surface area contributed by atoms with Gasteiger partial charge in [0.15, 0.2) is 0 Å². The molecule has 240 valence electrons. The van der Waals surface area contributed by atoms with Gasteiger partial charge in [-0.3, -0.25) is 0 Å². The summed E-state index contributed by atoms with van der Waals surface area (Å²) in [5.41, 5.74) is 14.3. The van der Waals surface area contributed by atoms with Crippen molar-refractivity contribution in [1.82, 2.24) is 8.75 Å². The first-order chi connectivity index (χ1) is 23.9. The lowest BCUT2D eigenvalue weighted by atomic mass is 9.90. The zero-order valence-corrected chi connectivity index (χ0v) is 29.4. The number of hydrogen-bond acceptors (Lipinski definition) is 3. The third kappa shape index (κ3) is 5.94. The highest BCUT2D eigenvalue weighted by Crippen LogP contribution is 2.38. The first-order valence-electron chi connectivity index (χ1n) is 17.4. The molecule has 49 heavy (non-hydrogen) atoms. The lowest BCUT2D eigenvalue weighted by molar-refractivity contribution is 0.650. The van der Waals surface area contributed by atoms with Crippen molar-refractivity contribution in [1.29, 1.82) is 0 Å². The molecule has 0 amide bonds. The van der Waals surface area contributed by atoms with E-state index in [1.807, 2.05) is 0 Å².